The lowest BCUT2D eigenvalue weighted by atomic mass is 10.1. The Morgan fingerprint density at radius 3 is 2.75 bits per heavy atom. The van der Waals surface area contributed by atoms with Gasteiger partial charge in [-0.1, -0.05) is 18.2 Å². The number of benzene rings is 1. The van der Waals surface area contributed by atoms with Crippen LogP contribution in [0.5, 0.6) is 5.75 Å². The van der Waals surface area contributed by atoms with Gasteiger partial charge in [-0.3, -0.25) is 9.59 Å². The Kier molecular flexibility index (Phi) is 5.37. The van der Waals surface area contributed by atoms with Crippen LogP contribution in [0, 0.1) is 0 Å². The summed E-state index contributed by atoms with van der Waals surface area (Å²) in [4.78, 5) is 23.0. The van der Waals surface area contributed by atoms with E-state index in [1.165, 1.54) is 0 Å². The molecule has 6 nitrogen and oxygen atoms in total. The Hall–Kier alpha value is -2.08. The maximum atomic E-state index is 11.6. The molecule has 1 aliphatic rings. The van der Waals surface area contributed by atoms with Crippen LogP contribution in [0.2, 0.25) is 0 Å². The van der Waals surface area contributed by atoms with E-state index in [1.807, 2.05) is 30.3 Å². The SMILES string of the molecule is O=C(C[C@@H]1NCCNC1=O)OCCOc1ccccc1. The standard InChI is InChI=1S/C14H18N2O4/c17-13(10-12-14(18)16-7-6-15-12)20-9-8-19-11-4-2-1-3-5-11/h1-5,12,15H,6-10H2,(H,16,18)/t12-/m0/s1. The van der Waals surface area contributed by atoms with Crippen LogP contribution < -0.4 is 15.4 Å². The van der Waals surface area contributed by atoms with Crippen molar-refractivity contribution in [1.29, 1.82) is 0 Å². The van der Waals surface area contributed by atoms with Gasteiger partial charge in [0.15, 0.2) is 0 Å². The number of amides is 1. The van der Waals surface area contributed by atoms with Gasteiger partial charge in [0.25, 0.3) is 0 Å². The molecule has 1 atom stereocenters. The van der Waals surface area contributed by atoms with Crippen molar-refractivity contribution in [3.8, 4) is 5.75 Å². The van der Waals surface area contributed by atoms with Gasteiger partial charge in [-0.2, -0.15) is 0 Å². The number of hydrogen-bond donors (Lipinski definition) is 2. The van der Waals surface area contributed by atoms with Crippen LogP contribution in [0.4, 0.5) is 0 Å². The maximum absolute atomic E-state index is 11.6. The second-order valence-corrected chi connectivity index (χ2v) is 4.38. The highest BCUT2D eigenvalue weighted by atomic mass is 16.6. The van der Waals surface area contributed by atoms with Gasteiger partial charge in [0, 0.05) is 13.1 Å². The number of rotatable bonds is 6. The third-order valence-corrected chi connectivity index (χ3v) is 2.86. The van der Waals surface area contributed by atoms with Crippen molar-refractivity contribution in [3.05, 3.63) is 30.3 Å². The van der Waals surface area contributed by atoms with Crippen molar-refractivity contribution >= 4 is 11.9 Å². The smallest absolute Gasteiger partial charge is 0.308 e. The van der Waals surface area contributed by atoms with Gasteiger partial charge in [-0.05, 0) is 12.1 Å². The van der Waals surface area contributed by atoms with Crippen molar-refractivity contribution in [2.75, 3.05) is 26.3 Å². The lowest BCUT2D eigenvalue weighted by Gasteiger charge is -2.22. The third-order valence-electron chi connectivity index (χ3n) is 2.86. The first-order valence-electron chi connectivity index (χ1n) is 6.60. The average molecular weight is 278 g/mol. The van der Waals surface area contributed by atoms with E-state index in [-0.39, 0.29) is 18.9 Å². The molecule has 1 heterocycles. The van der Waals surface area contributed by atoms with Crippen LogP contribution in [0.25, 0.3) is 0 Å². The van der Waals surface area contributed by atoms with E-state index < -0.39 is 12.0 Å². The van der Waals surface area contributed by atoms with Gasteiger partial charge < -0.3 is 20.1 Å². The molecule has 0 aromatic heterocycles. The summed E-state index contributed by atoms with van der Waals surface area (Å²) in [6.07, 6.45) is 0.0389. The zero-order valence-corrected chi connectivity index (χ0v) is 11.1. The summed E-state index contributed by atoms with van der Waals surface area (Å²) in [5.74, 6) is 0.168. The number of nitrogens with one attached hydrogen (secondary N) is 2. The number of carbonyl (C=O) groups is 2. The topological polar surface area (TPSA) is 76.7 Å². The highest BCUT2D eigenvalue weighted by molar-refractivity contribution is 5.87. The lowest BCUT2D eigenvalue weighted by Crippen LogP contribution is -2.53. The monoisotopic (exact) mass is 278 g/mol. The van der Waals surface area contributed by atoms with E-state index in [0.29, 0.717) is 19.7 Å². The third kappa shape index (κ3) is 4.55. The predicted octanol–water partition coefficient (Wildman–Crippen LogP) is 0.0867. The number of piperazine rings is 1. The fourth-order valence-corrected chi connectivity index (χ4v) is 1.87. The number of esters is 1. The van der Waals surface area contributed by atoms with E-state index in [9.17, 15) is 9.59 Å². The minimum absolute atomic E-state index is 0.0389. The van der Waals surface area contributed by atoms with Crippen molar-refractivity contribution in [3.63, 3.8) is 0 Å². The summed E-state index contributed by atoms with van der Waals surface area (Å²) in [5, 5.41) is 5.66. The van der Waals surface area contributed by atoms with Crippen LogP contribution >= 0.6 is 0 Å². The number of hydrogen-bond acceptors (Lipinski definition) is 5. The van der Waals surface area contributed by atoms with Crippen LogP contribution in [0.1, 0.15) is 6.42 Å². The molecule has 1 saturated heterocycles. The molecule has 2 rings (SSSR count). The quantitative estimate of drug-likeness (QED) is 0.569. The molecular formula is C14H18N2O4. The number of ether oxygens (including phenoxy) is 2. The molecule has 0 radical (unpaired) electrons. The van der Waals surface area contributed by atoms with Gasteiger partial charge in [0.1, 0.15) is 19.0 Å². The van der Waals surface area contributed by atoms with Crippen molar-refractivity contribution in [2.24, 2.45) is 0 Å². The first kappa shape index (κ1) is 14.3. The molecule has 0 unspecified atom stereocenters. The first-order chi connectivity index (χ1) is 9.75. The van der Waals surface area contributed by atoms with Crippen LogP contribution in [0.15, 0.2) is 30.3 Å². The average Bonchev–Trinajstić information content (AvgIpc) is 2.47. The Balaban J connectivity index is 1.61. The molecule has 1 aliphatic heterocycles. The molecule has 0 saturated carbocycles. The van der Waals surface area contributed by atoms with Crippen molar-refractivity contribution in [2.45, 2.75) is 12.5 Å². The van der Waals surface area contributed by atoms with Gasteiger partial charge >= 0.3 is 5.97 Å². The van der Waals surface area contributed by atoms with Crippen LogP contribution in [-0.2, 0) is 14.3 Å². The second kappa shape index (κ2) is 7.49. The number of carbonyl (C=O) groups excluding carboxylic acids is 2. The minimum Gasteiger partial charge on any atom is -0.490 e. The summed E-state index contributed by atoms with van der Waals surface area (Å²) in [7, 11) is 0. The lowest BCUT2D eigenvalue weighted by molar-refractivity contribution is -0.146. The van der Waals surface area contributed by atoms with E-state index in [1.54, 1.807) is 0 Å². The fourth-order valence-electron chi connectivity index (χ4n) is 1.87. The van der Waals surface area contributed by atoms with Crippen LogP contribution in [0.3, 0.4) is 0 Å². The Bertz CT molecular complexity index is 450. The zero-order valence-electron chi connectivity index (χ0n) is 11.1. The van der Waals surface area contributed by atoms with E-state index in [0.717, 1.165) is 5.75 Å². The van der Waals surface area contributed by atoms with Crippen LogP contribution in [-0.4, -0.2) is 44.2 Å². The summed E-state index contributed by atoms with van der Waals surface area (Å²) in [5.41, 5.74) is 0. The van der Waals surface area contributed by atoms with Gasteiger partial charge in [0.05, 0.1) is 12.5 Å². The molecule has 1 aromatic carbocycles. The molecular weight excluding hydrogens is 260 g/mol. The molecule has 0 bridgehead atoms. The molecule has 1 aromatic rings. The summed E-state index contributed by atoms with van der Waals surface area (Å²) >= 11 is 0. The molecule has 0 spiro atoms. The molecule has 108 valence electrons. The normalized spacial score (nSPS) is 18.2. The van der Waals surface area contributed by atoms with Crippen molar-refractivity contribution < 1.29 is 19.1 Å². The second-order valence-electron chi connectivity index (χ2n) is 4.38. The summed E-state index contributed by atoms with van der Waals surface area (Å²) in [6.45, 7) is 1.72. The van der Waals surface area contributed by atoms with Gasteiger partial charge in [0.2, 0.25) is 5.91 Å². The van der Waals surface area contributed by atoms with E-state index >= 15 is 0 Å². The van der Waals surface area contributed by atoms with Gasteiger partial charge in [-0.25, -0.2) is 0 Å². The molecule has 20 heavy (non-hydrogen) atoms. The summed E-state index contributed by atoms with van der Waals surface area (Å²) in [6, 6.07) is 8.81. The molecule has 6 heteroatoms. The predicted molar refractivity (Wildman–Crippen MR) is 72.3 cm³/mol. The highest BCUT2D eigenvalue weighted by Crippen LogP contribution is 2.07. The first-order valence-corrected chi connectivity index (χ1v) is 6.60. The zero-order chi connectivity index (χ0) is 14.2. The number of para-hydroxylation sites is 1. The molecule has 1 amide bonds. The Labute approximate surface area is 117 Å². The highest BCUT2D eigenvalue weighted by Gasteiger charge is 2.24. The van der Waals surface area contributed by atoms with E-state index in [2.05, 4.69) is 10.6 Å². The van der Waals surface area contributed by atoms with Gasteiger partial charge in [-0.15, -0.1) is 0 Å². The molecule has 2 N–H and O–H groups in total. The molecule has 0 aliphatic carbocycles. The Morgan fingerprint density at radius 1 is 1.20 bits per heavy atom. The maximum Gasteiger partial charge on any atom is 0.308 e. The minimum atomic E-state index is -0.494. The van der Waals surface area contributed by atoms with E-state index in [4.69, 9.17) is 9.47 Å². The largest absolute Gasteiger partial charge is 0.490 e. The summed E-state index contributed by atoms with van der Waals surface area (Å²) < 4.78 is 10.4. The Morgan fingerprint density at radius 2 is 2.00 bits per heavy atom. The van der Waals surface area contributed by atoms with Crippen molar-refractivity contribution in [1.82, 2.24) is 10.6 Å². The molecule has 1 fully saturated rings. The fraction of sp³-hybridized carbons (Fsp3) is 0.429.